The third-order valence-electron chi connectivity index (χ3n) is 2.67. The minimum Gasteiger partial charge on any atom is -0.341 e. The van der Waals surface area contributed by atoms with Gasteiger partial charge in [0.25, 0.3) is 0 Å². The largest absolute Gasteiger partial charge is 0.341 e. The minimum absolute atomic E-state index is 0.0419. The average molecular weight is 218 g/mol. The van der Waals surface area contributed by atoms with E-state index >= 15 is 0 Å². The van der Waals surface area contributed by atoms with Gasteiger partial charge in [-0.15, -0.1) is 0 Å². The lowest BCUT2D eigenvalue weighted by Crippen LogP contribution is -2.37. The summed E-state index contributed by atoms with van der Waals surface area (Å²) in [5.41, 5.74) is 5.29. The number of hydrogen-bond acceptors (Lipinski definition) is 3. The molecule has 1 fully saturated rings. The second-order valence-electron chi connectivity index (χ2n) is 4.14. The fourth-order valence-corrected chi connectivity index (χ4v) is 2.74. The lowest BCUT2D eigenvalue weighted by atomic mass is 10.1. The SMILES string of the molecule is CC1(C)CCN(C(=O)CN)CCS1=O. The summed E-state index contributed by atoms with van der Waals surface area (Å²) in [6, 6.07) is 0. The zero-order valence-corrected chi connectivity index (χ0v) is 9.60. The van der Waals surface area contributed by atoms with Crippen LogP contribution in [0.15, 0.2) is 0 Å². The Morgan fingerprint density at radius 2 is 2.14 bits per heavy atom. The molecule has 82 valence electrons. The lowest BCUT2D eigenvalue weighted by molar-refractivity contribution is -0.129. The molecule has 0 aromatic heterocycles. The van der Waals surface area contributed by atoms with E-state index in [1.165, 1.54) is 0 Å². The van der Waals surface area contributed by atoms with E-state index < -0.39 is 10.8 Å². The first kappa shape index (κ1) is 11.7. The molecule has 1 amide bonds. The predicted molar refractivity (Wildman–Crippen MR) is 57.3 cm³/mol. The van der Waals surface area contributed by atoms with Crippen molar-refractivity contribution in [2.45, 2.75) is 25.0 Å². The second kappa shape index (κ2) is 4.40. The Morgan fingerprint density at radius 1 is 1.50 bits per heavy atom. The second-order valence-corrected chi connectivity index (χ2v) is 6.35. The van der Waals surface area contributed by atoms with Gasteiger partial charge in [-0.25, -0.2) is 0 Å². The number of rotatable bonds is 1. The van der Waals surface area contributed by atoms with Gasteiger partial charge in [0.2, 0.25) is 5.91 Å². The Kier molecular flexibility index (Phi) is 3.66. The van der Waals surface area contributed by atoms with E-state index in [-0.39, 0.29) is 17.2 Å². The first-order valence-corrected chi connectivity index (χ1v) is 6.15. The van der Waals surface area contributed by atoms with Gasteiger partial charge in [-0.05, 0) is 20.3 Å². The summed E-state index contributed by atoms with van der Waals surface area (Å²) in [5, 5.41) is 0. The van der Waals surface area contributed by atoms with Crippen LogP contribution in [0.2, 0.25) is 0 Å². The van der Waals surface area contributed by atoms with Crippen LogP contribution in [-0.4, -0.2) is 45.2 Å². The van der Waals surface area contributed by atoms with Gasteiger partial charge in [-0.1, -0.05) is 0 Å². The summed E-state index contributed by atoms with van der Waals surface area (Å²) in [7, 11) is -0.842. The fraction of sp³-hybridized carbons (Fsp3) is 0.889. The van der Waals surface area contributed by atoms with Crippen molar-refractivity contribution in [3.8, 4) is 0 Å². The van der Waals surface area contributed by atoms with Crippen LogP contribution in [-0.2, 0) is 15.6 Å². The maximum atomic E-state index is 11.7. The molecule has 1 aliphatic heterocycles. The molecule has 2 N–H and O–H groups in total. The summed E-state index contributed by atoms with van der Waals surface area (Å²) in [6.07, 6.45) is 0.783. The fourth-order valence-electron chi connectivity index (χ4n) is 1.48. The Labute approximate surface area is 87.3 Å². The quantitative estimate of drug-likeness (QED) is 0.657. The van der Waals surface area contributed by atoms with Gasteiger partial charge in [0.1, 0.15) is 0 Å². The van der Waals surface area contributed by atoms with Gasteiger partial charge in [0.15, 0.2) is 0 Å². The van der Waals surface area contributed by atoms with Crippen LogP contribution < -0.4 is 5.73 Å². The van der Waals surface area contributed by atoms with Crippen LogP contribution in [0, 0.1) is 0 Å². The molecule has 5 heteroatoms. The van der Waals surface area contributed by atoms with Crippen molar-refractivity contribution >= 4 is 16.7 Å². The normalized spacial score (nSPS) is 27.1. The first-order chi connectivity index (χ1) is 6.47. The molecule has 1 unspecified atom stereocenters. The van der Waals surface area contributed by atoms with Crippen molar-refractivity contribution in [3.05, 3.63) is 0 Å². The topological polar surface area (TPSA) is 63.4 Å². The average Bonchev–Trinajstić information content (AvgIpc) is 2.27. The van der Waals surface area contributed by atoms with Crippen molar-refractivity contribution < 1.29 is 9.00 Å². The highest BCUT2D eigenvalue weighted by Crippen LogP contribution is 2.21. The number of nitrogens with two attached hydrogens (primary N) is 1. The van der Waals surface area contributed by atoms with Crippen molar-refractivity contribution in [1.29, 1.82) is 0 Å². The summed E-state index contributed by atoms with van der Waals surface area (Å²) >= 11 is 0. The molecule has 1 aliphatic rings. The maximum absolute atomic E-state index is 11.7. The first-order valence-electron chi connectivity index (χ1n) is 4.84. The van der Waals surface area contributed by atoms with Gasteiger partial charge in [0, 0.05) is 34.4 Å². The molecule has 1 rings (SSSR count). The van der Waals surface area contributed by atoms with Crippen molar-refractivity contribution in [2.75, 3.05) is 25.4 Å². The molecule has 1 heterocycles. The third kappa shape index (κ3) is 2.54. The Bertz CT molecular complexity index is 253. The van der Waals surface area contributed by atoms with Crippen LogP contribution in [0.25, 0.3) is 0 Å². The molecule has 0 aliphatic carbocycles. The Morgan fingerprint density at radius 3 is 2.71 bits per heavy atom. The summed E-state index contributed by atoms with van der Waals surface area (Å²) in [6.45, 7) is 5.27. The van der Waals surface area contributed by atoms with Gasteiger partial charge in [-0.3, -0.25) is 9.00 Å². The number of hydrogen-bond donors (Lipinski definition) is 1. The Hall–Kier alpha value is -0.420. The molecular weight excluding hydrogens is 200 g/mol. The smallest absolute Gasteiger partial charge is 0.236 e. The molecular formula is C9H18N2O2S. The zero-order valence-electron chi connectivity index (χ0n) is 8.78. The van der Waals surface area contributed by atoms with Gasteiger partial charge in [-0.2, -0.15) is 0 Å². The number of carbonyl (C=O) groups is 1. The van der Waals surface area contributed by atoms with Crippen molar-refractivity contribution in [1.82, 2.24) is 4.90 Å². The van der Waals surface area contributed by atoms with E-state index in [1.54, 1.807) is 4.90 Å². The number of carbonyl (C=O) groups excluding carboxylic acids is 1. The van der Waals surface area contributed by atoms with E-state index in [9.17, 15) is 9.00 Å². The highest BCUT2D eigenvalue weighted by atomic mass is 32.2. The van der Waals surface area contributed by atoms with Crippen LogP contribution in [0.4, 0.5) is 0 Å². The summed E-state index contributed by atoms with van der Waals surface area (Å²) in [5.74, 6) is 0.526. The van der Waals surface area contributed by atoms with Gasteiger partial charge in [0.05, 0.1) is 6.54 Å². The lowest BCUT2D eigenvalue weighted by Gasteiger charge is -2.21. The number of nitrogens with zero attached hydrogens (tertiary/aromatic N) is 1. The van der Waals surface area contributed by atoms with E-state index in [0.717, 1.165) is 6.42 Å². The summed E-state index contributed by atoms with van der Waals surface area (Å²) in [4.78, 5) is 13.1. The number of amides is 1. The van der Waals surface area contributed by atoms with Crippen molar-refractivity contribution in [3.63, 3.8) is 0 Å². The molecule has 4 nitrogen and oxygen atoms in total. The van der Waals surface area contributed by atoms with E-state index in [4.69, 9.17) is 5.73 Å². The van der Waals surface area contributed by atoms with Crippen LogP contribution in [0.3, 0.4) is 0 Å². The maximum Gasteiger partial charge on any atom is 0.236 e. The molecule has 0 bridgehead atoms. The molecule has 1 atom stereocenters. The Balaban J connectivity index is 2.65. The van der Waals surface area contributed by atoms with Crippen LogP contribution in [0.1, 0.15) is 20.3 Å². The third-order valence-corrected chi connectivity index (χ3v) is 4.66. The standard InChI is InChI=1S/C9H18N2O2S/c1-9(2)3-4-11(8(12)7-10)5-6-14(9)13/h3-7,10H2,1-2H3. The van der Waals surface area contributed by atoms with Crippen LogP contribution in [0.5, 0.6) is 0 Å². The van der Waals surface area contributed by atoms with Crippen molar-refractivity contribution in [2.24, 2.45) is 5.73 Å². The van der Waals surface area contributed by atoms with Gasteiger partial charge >= 0.3 is 0 Å². The molecule has 1 saturated heterocycles. The predicted octanol–water partition coefficient (Wildman–Crippen LogP) is -0.295. The highest BCUT2D eigenvalue weighted by molar-refractivity contribution is 7.86. The highest BCUT2D eigenvalue weighted by Gasteiger charge is 2.30. The van der Waals surface area contributed by atoms with E-state index in [0.29, 0.717) is 18.8 Å². The molecule has 0 aromatic carbocycles. The monoisotopic (exact) mass is 218 g/mol. The molecule has 0 radical (unpaired) electrons. The summed E-state index contributed by atoms with van der Waals surface area (Å²) < 4.78 is 11.6. The van der Waals surface area contributed by atoms with Gasteiger partial charge < -0.3 is 10.6 Å². The van der Waals surface area contributed by atoms with E-state index in [2.05, 4.69) is 0 Å². The molecule has 0 saturated carbocycles. The van der Waals surface area contributed by atoms with E-state index in [1.807, 2.05) is 13.8 Å². The molecule has 0 aromatic rings. The zero-order chi connectivity index (χ0) is 10.8. The molecule has 0 spiro atoms. The van der Waals surface area contributed by atoms with Crippen LogP contribution >= 0.6 is 0 Å². The minimum atomic E-state index is -0.842. The molecule has 14 heavy (non-hydrogen) atoms.